The maximum absolute atomic E-state index is 12.1. The molecule has 0 aliphatic carbocycles. The molecular weight excluding hydrogens is 254 g/mol. The van der Waals surface area contributed by atoms with Gasteiger partial charge in [-0.05, 0) is 25.0 Å². The van der Waals surface area contributed by atoms with E-state index in [4.69, 9.17) is 10.5 Å². The number of hydrogen-bond donors (Lipinski definition) is 2. The number of nitrogens with two attached hydrogens (primary N) is 1. The average molecular weight is 271 g/mol. The molecule has 18 heavy (non-hydrogen) atoms. The fraction of sp³-hybridized carbons (Fsp3) is 0.545. The summed E-state index contributed by atoms with van der Waals surface area (Å²) < 4.78 is 32.0. The minimum Gasteiger partial charge on any atom is -0.381 e. The Morgan fingerprint density at radius 1 is 1.39 bits per heavy atom. The summed E-state index contributed by atoms with van der Waals surface area (Å²) in [4.78, 5) is 4.16. The molecule has 0 saturated carbocycles. The highest BCUT2D eigenvalue weighted by Gasteiger charge is 2.22. The zero-order valence-electron chi connectivity index (χ0n) is 10.0. The lowest BCUT2D eigenvalue weighted by atomic mass is 10.1. The van der Waals surface area contributed by atoms with Gasteiger partial charge in [-0.2, -0.15) is 0 Å². The topological polar surface area (TPSA) is 94.3 Å². The van der Waals surface area contributed by atoms with Gasteiger partial charge >= 0.3 is 0 Å². The maximum atomic E-state index is 12.1. The zero-order chi connectivity index (χ0) is 13.0. The highest BCUT2D eigenvalue weighted by Crippen LogP contribution is 2.13. The van der Waals surface area contributed by atoms with Crippen molar-refractivity contribution in [2.75, 3.05) is 13.2 Å². The van der Waals surface area contributed by atoms with Gasteiger partial charge in [-0.15, -0.1) is 0 Å². The summed E-state index contributed by atoms with van der Waals surface area (Å²) in [6, 6.07) is 3.09. The second-order valence-corrected chi connectivity index (χ2v) is 5.91. The molecule has 100 valence electrons. The van der Waals surface area contributed by atoms with E-state index >= 15 is 0 Å². The van der Waals surface area contributed by atoms with Gasteiger partial charge in [0.2, 0.25) is 10.0 Å². The fourth-order valence-electron chi connectivity index (χ4n) is 1.79. The molecule has 7 heteroatoms. The Balaban J connectivity index is 2.08. The standard InChI is InChI=1S/C11H17N3O3S/c12-7-10-1-2-11(8-13-10)18(15,16)14-9-3-5-17-6-4-9/h1-2,8-9,14H,3-7,12H2. The number of hydrogen-bond acceptors (Lipinski definition) is 5. The van der Waals surface area contributed by atoms with E-state index in [0.717, 1.165) is 0 Å². The summed E-state index contributed by atoms with van der Waals surface area (Å²) in [5, 5.41) is 0. The van der Waals surface area contributed by atoms with Crippen LogP contribution in [0.5, 0.6) is 0 Å². The van der Waals surface area contributed by atoms with Crippen LogP contribution in [-0.2, 0) is 21.3 Å². The van der Waals surface area contributed by atoms with Gasteiger partial charge in [-0.25, -0.2) is 13.1 Å². The van der Waals surface area contributed by atoms with E-state index in [1.54, 1.807) is 6.07 Å². The van der Waals surface area contributed by atoms with Crippen LogP contribution in [0.3, 0.4) is 0 Å². The number of sulfonamides is 1. The third kappa shape index (κ3) is 3.26. The predicted octanol–water partition coefficient (Wildman–Crippen LogP) is -0.00240. The van der Waals surface area contributed by atoms with Gasteiger partial charge < -0.3 is 10.5 Å². The molecule has 1 aromatic heterocycles. The minimum atomic E-state index is -3.49. The van der Waals surface area contributed by atoms with Crippen molar-refractivity contribution in [2.24, 2.45) is 5.73 Å². The summed E-state index contributed by atoms with van der Waals surface area (Å²) >= 11 is 0. The quantitative estimate of drug-likeness (QED) is 0.803. The normalized spacial score (nSPS) is 17.8. The van der Waals surface area contributed by atoms with E-state index in [9.17, 15) is 8.42 Å². The highest BCUT2D eigenvalue weighted by atomic mass is 32.2. The predicted molar refractivity (Wildman–Crippen MR) is 66.3 cm³/mol. The second kappa shape index (κ2) is 5.75. The van der Waals surface area contributed by atoms with E-state index in [2.05, 4.69) is 9.71 Å². The summed E-state index contributed by atoms with van der Waals surface area (Å²) in [7, 11) is -3.49. The van der Waals surface area contributed by atoms with Crippen LogP contribution in [0.1, 0.15) is 18.5 Å². The number of rotatable bonds is 4. The number of aromatic nitrogens is 1. The molecule has 1 aromatic rings. The molecule has 0 atom stereocenters. The summed E-state index contributed by atoms with van der Waals surface area (Å²) in [6.45, 7) is 1.49. The lowest BCUT2D eigenvalue weighted by molar-refractivity contribution is 0.0832. The SMILES string of the molecule is NCc1ccc(S(=O)(=O)NC2CCOCC2)cn1. The van der Waals surface area contributed by atoms with Gasteiger partial charge in [0.1, 0.15) is 4.90 Å². The number of nitrogens with one attached hydrogen (secondary N) is 1. The van der Waals surface area contributed by atoms with Crippen LogP contribution < -0.4 is 10.5 Å². The smallest absolute Gasteiger partial charge is 0.242 e. The molecule has 2 heterocycles. The van der Waals surface area contributed by atoms with Crippen LogP contribution in [0.4, 0.5) is 0 Å². The lowest BCUT2D eigenvalue weighted by Crippen LogP contribution is -2.38. The molecule has 1 saturated heterocycles. The molecular formula is C11H17N3O3S. The van der Waals surface area contributed by atoms with Gasteiger partial charge in [0.05, 0.1) is 5.69 Å². The van der Waals surface area contributed by atoms with E-state index < -0.39 is 10.0 Å². The summed E-state index contributed by atoms with van der Waals surface area (Å²) in [6.07, 6.45) is 2.74. The first kappa shape index (κ1) is 13.4. The van der Waals surface area contributed by atoms with E-state index in [0.29, 0.717) is 38.3 Å². The molecule has 1 fully saturated rings. The van der Waals surface area contributed by atoms with E-state index in [1.165, 1.54) is 12.3 Å². The summed E-state index contributed by atoms with van der Waals surface area (Å²) in [5.74, 6) is 0. The molecule has 0 radical (unpaired) electrons. The van der Waals surface area contributed by atoms with Crippen LogP contribution in [0.2, 0.25) is 0 Å². The van der Waals surface area contributed by atoms with Crippen molar-refractivity contribution in [3.63, 3.8) is 0 Å². The van der Waals surface area contributed by atoms with E-state index in [1.807, 2.05) is 0 Å². The first-order chi connectivity index (χ1) is 8.62. The number of pyridine rings is 1. The Labute approximate surface area is 107 Å². The van der Waals surface area contributed by atoms with Crippen LogP contribution in [0.25, 0.3) is 0 Å². The number of nitrogens with zero attached hydrogens (tertiary/aromatic N) is 1. The minimum absolute atomic E-state index is 0.0575. The van der Waals surface area contributed by atoms with Crippen molar-refractivity contribution in [1.29, 1.82) is 0 Å². The highest BCUT2D eigenvalue weighted by molar-refractivity contribution is 7.89. The Morgan fingerprint density at radius 2 is 2.11 bits per heavy atom. The Kier molecular flexibility index (Phi) is 4.28. The maximum Gasteiger partial charge on any atom is 0.242 e. The molecule has 1 aliphatic rings. The third-order valence-electron chi connectivity index (χ3n) is 2.86. The zero-order valence-corrected chi connectivity index (χ0v) is 10.8. The van der Waals surface area contributed by atoms with Gasteiger partial charge in [0.25, 0.3) is 0 Å². The van der Waals surface area contributed by atoms with Gasteiger partial charge in [-0.3, -0.25) is 4.98 Å². The van der Waals surface area contributed by atoms with Crippen molar-refractivity contribution >= 4 is 10.0 Å². The van der Waals surface area contributed by atoms with E-state index in [-0.39, 0.29) is 10.9 Å². The first-order valence-corrected chi connectivity index (χ1v) is 7.35. The van der Waals surface area contributed by atoms with Crippen LogP contribution in [0, 0.1) is 0 Å². The summed E-state index contributed by atoms with van der Waals surface area (Å²) in [5.41, 5.74) is 6.08. The first-order valence-electron chi connectivity index (χ1n) is 5.87. The van der Waals surface area contributed by atoms with Crippen LogP contribution in [-0.4, -0.2) is 32.7 Å². The molecule has 0 aromatic carbocycles. The average Bonchev–Trinajstić information content (AvgIpc) is 2.39. The van der Waals surface area contributed by atoms with Gasteiger partial charge in [0, 0.05) is 32.0 Å². The molecule has 0 spiro atoms. The monoisotopic (exact) mass is 271 g/mol. The Hall–Kier alpha value is -1.02. The van der Waals surface area contributed by atoms with Crippen molar-refractivity contribution < 1.29 is 13.2 Å². The molecule has 3 N–H and O–H groups in total. The molecule has 0 amide bonds. The molecule has 6 nitrogen and oxygen atoms in total. The lowest BCUT2D eigenvalue weighted by Gasteiger charge is -2.22. The van der Waals surface area contributed by atoms with Crippen molar-refractivity contribution in [3.8, 4) is 0 Å². The molecule has 0 bridgehead atoms. The van der Waals surface area contributed by atoms with Crippen LogP contribution in [0.15, 0.2) is 23.2 Å². The van der Waals surface area contributed by atoms with Gasteiger partial charge in [-0.1, -0.05) is 0 Å². The Morgan fingerprint density at radius 3 is 2.67 bits per heavy atom. The van der Waals surface area contributed by atoms with Crippen molar-refractivity contribution in [3.05, 3.63) is 24.0 Å². The largest absolute Gasteiger partial charge is 0.381 e. The van der Waals surface area contributed by atoms with Gasteiger partial charge in [0.15, 0.2) is 0 Å². The second-order valence-electron chi connectivity index (χ2n) is 4.20. The molecule has 1 aliphatic heterocycles. The Bertz CT molecular complexity index is 481. The van der Waals surface area contributed by atoms with Crippen molar-refractivity contribution in [1.82, 2.24) is 9.71 Å². The molecule has 0 unspecified atom stereocenters. The third-order valence-corrected chi connectivity index (χ3v) is 4.37. The fourth-order valence-corrected chi connectivity index (χ4v) is 3.04. The van der Waals surface area contributed by atoms with Crippen molar-refractivity contribution in [2.45, 2.75) is 30.3 Å². The number of ether oxygens (including phenoxy) is 1. The molecule has 2 rings (SSSR count). The van der Waals surface area contributed by atoms with Crippen LogP contribution >= 0.6 is 0 Å².